The summed E-state index contributed by atoms with van der Waals surface area (Å²) in [6.07, 6.45) is 0. The van der Waals surface area contributed by atoms with Gasteiger partial charge < -0.3 is 15.2 Å². The van der Waals surface area contributed by atoms with Gasteiger partial charge in [-0.25, -0.2) is 0 Å². The first-order valence-electron chi connectivity index (χ1n) is 7.40. The van der Waals surface area contributed by atoms with Crippen molar-refractivity contribution in [3.05, 3.63) is 63.6 Å². The van der Waals surface area contributed by atoms with Crippen molar-refractivity contribution in [2.75, 3.05) is 12.4 Å². The number of benzene rings is 2. The molecule has 0 fully saturated rings. The minimum absolute atomic E-state index is 0.124. The van der Waals surface area contributed by atoms with E-state index in [1.54, 1.807) is 37.4 Å². The molecule has 8 heteroatoms. The number of amides is 1. The lowest BCUT2D eigenvalue weighted by atomic mass is 10.1. The third-order valence-electron chi connectivity index (χ3n) is 3.43. The van der Waals surface area contributed by atoms with Gasteiger partial charge in [-0.05, 0) is 35.9 Å². The van der Waals surface area contributed by atoms with Crippen molar-refractivity contribution in [2.45, 2.75) is 6.54 Å². The number of aromatic nitrogens is 2. The summed E-state index contributed by atoms with van der Waals surface area (Å²) in [5.41, 5.74) is 2.24. The maximum atomic E-state index is 11.5. The molecule has 2 aromatic carbocycles. The zero-order chi connectivity index (χ0) is 17.8. The molecule has 0 spiro atoms. The first-order chi connectivity index (χ1) is 12.0. The second-order valence-corrected chi connectivity index (χ2v) is 6.08. The average Bonchev–Trinajstić information content (AvgIpc) is 3.08. The van der Waals surface area contributed by atoms with Crippen LogP contribution in [0.3, 0.4) is 0 Å². The van der Waals surface area contributed by atoms with Gasteiger partial charge in [0.15, 0.2) is 0 Å². The van der Waals surface area contributed by atoms with Crippen molar-refractivity contribution in [3.8, 4) is 11.4 Å². The maximum absolute atomic E-state index is 11.5. The molecule has 1 aromatic heterocycles. The number of nitrogens with one attached hydrogen (secondary N) is 2. The molecule has 0 aliphatic heterocycles. The van der Waals surface area contributed by atoms with Gasteiger partial charge in [0.05, 0.1) is 0 Å². The molecule has 0 atom stereocenters. The van der Waals surface area contributed by atoms with Crippen molar-refractivity contribution in [1.29, 1.82) is 0 Å². The van der Waals surface area contributed by atoms with E-state index >= 15 is 0 Å². The highest BCUT2D eigenvalue weighted by atomic mass is 35.5. The van der Waals surface area contributed by atoms with E-state index in [1.165, 1.54) is 0 Å². The topological polar surface area (TPSA) is 80.0 Å². The predicted molar refractivity (Wildman–Crippen MR) is 96.9 cm³/mol. The first-order valence-corrected chi connectivity index (χ1v) is 8.16. The van der Waals surface area contributed by atoms with E-state index in [4.69, 9.17) is 27.7 Å². The van der Waals surface area contributed by atoms with Gasteiger partial charge in [-0.1, -0.05) is 40.5 Å². The summed E-state index contributed by atoms with van der Waals surface area (Å²) in [5.74, 6) is 0.267. The van der Waals surface area contributed by atoms with E-state index in [2.05, 4.69) is 20.8 Å². The molecular weight excluding hydrogens is 363 g/mol. The number of hydrogen-bond acceptors (Lipinski definition) is 5. The van der Waals surface area contributed by atoms with Gasteiger partial charge >= 0.3 is 6.01 Å². The van der Waals surface area contributed by atoms with Gasteiger partial charge in [0.25, 0.3) is 5.91 Å². The molecule has 0 aliphatic rings. The molecule has 0 unspecified atom stereocenters. The van der Waals surface area contributed by atoms with Crippen molar-refractivity contribution < 1.29 is 9.32 Å². The molecule has 1 amide bonds. The van der Waals surface area contributed by atoms with Crippen LogP contribution >= 0.6 is 23.2 Å². The molecule has 0 radical (unpaired) electrons. The summed E-state index contributed by atoms with van der Waals surface area (Å²) >= 11 is 12.0. The Hall–Kier alpha value is -2.57. The van der Waals surface area contributed by atoms with E-state index in [-0.39, 0.29) is 11.9 Å². The van der Waals surface area contributed by atoms with Gasteiger partial charge in [-0.3, -0.25) is 4.79 Å². The summed E-state index contributed by atoms with van der Waals surface area (Å²) < 4.78 is 5.18. The Balaban J connectivity index is 1.66. The molecule has 0 aliphatic carbocycles. The number of halogens is 2. The van der Waals surface area contributed by atoms with E-state index in [9.17, 15) is 4.79 Å². The molecule has 1 heterocycles. The van der Waals surface area contributed by atoms with Crippen LogP contribution in [-0.4, -0.2) is 23.1 Å². The largest absolute Gasteiger partial charge is 0.355 e. The summed E-state index contributed by atoms with van der Waals surface area (Å²) in [7, 11) is 1.60. The lowest BCUT2D eigenvalue weighted by molar-refractivity contribution is 0.0963. The fourth-order valence-electron chi connectivity index (χ4n) is 2.19. The number of carbonyl (C=O) groups excluding carboxylic acids is 1. The average molecular weight is 377 g/mol. The van der Waals surface area contributed by atoms with Crippen molar-refractivity contribution in [1.82, 2.24) is 15.5 Å². The Morgan fingerprint density at radius 2 is 1.80 bits per heavy atom. The van der Waals surface area contributed by atoms with Gasteiger partial charge in [0.1, 0.15) is 0 Å². The van der Waals surface area contributed by atoms with Crippen LogP contribution in [0.25, 0.3) is 11.4 Å². The fourth-order valence-corrected chi connectivity index (χ4v) is 2.72. The fraction of sp³-hybridized carbons (Fsp3) is 0.118. The number of nitrogens with zero attached hydrogens (tertiary/aromatic N) is 2. The van der Waals surface area contributed by atoms with Crippen LogP contribution in [0, 0.1) is 0 Å². The molecule has 0 saturated carbocycles. The van der Waals surface area contributed by atoms with Crippen LogP contribution in [0.4, 0.5) is 6.01 Å². The van der Waals surface area contributed by atoms with Gasteiger partial charge in [0.2, 0.25) is 5.82 Å². The van der Waals surface area contributed by atoms with E-state index in [0.717, 1.165) is 5.56 Å². The van der Waals surface area contributed by atoms with Crippen LogP contribution in [0.15, 0.2) is 47.0 Å². The first kappa shape index (κ1) is 17.3. The Morgan fingerprint density at radius 3 is 2.44 bits per heavy atom. The standard InChI is InChI=1S/C17H14Cl2N4O2/c1-20-16(24)11-4-2-10(3-5-11)9-21-17-22-15(23-25-17)12-6-13(18)8-14(19)7-12/h2-8H,9H2,1H3,(H,20,24)(H,21,22,23). The molecule has 3 rings (SSSR count). The highest BCUT2D eigenvalue weighted by molar-refractivity contribution is 6.35. The van der Waals surface area contributed by atoms with Crippen molar-refractivity contribution >= 4 is 35.1 Å². The third kappa shape index (κ3) is 4.29. The minimum atomic E-state index is -0.124. The van der Waals surface area contributed by atoms with Crippen molar-refractivity contribution in [2.24, 2.45) is 0 Å². The van der Waals surface area contributed by atoms with Crippen LogP contribution < -0.4 is 10.6 Å². The predicted octanol–water partition coefficient (Wildman–Crippen LogP) is 4.02. The van der Waals surface area contributed by atoms with Crippen molar-refractivity contribution in [3.63, 3.8) is 0 Å². The quantitative estimate of drug-likeness (QED) is 0.702. The molecule has 0 bridgehead atoms. The van der Waals surface area contributed by atoms with Gasteiger partial charge in [-0.2, -0.15) is 4.98 Å². The molecule has 25 heavy (non-hydrogen) atoms. The smallest absolute Gasteiger partial charge is 0.322 e. The SMILES string of the molecule is CNC(=O)c1ccc(CNc2nc(-c3cc(Cl)cc(Cl)c3)no2)cc1. The highest BCUT2D eigenvalue weighted by Gasteiger charge is 2.10. The highest BCUT2D eigenvalue weighted by Crippen LogP contribution is 2.26. The molecular formula is C17H14Cl2N4O2. The number of anilines is 1. The van der Waals surface area contributed by atoms with Crippen LogP contribution in [-0.2, 0) is 6.54 Å². The number of hydrogen-bond donors (Lipinski definition) is 2. The molecule has 6 nitrogen and oxygen atoms in total. The molecule has 2 N–H and O–H groups in total. The normalized spacial score (nSPS) is 10.5. The third-order valence-corrected chi connectivity index (χ3v) is 3.87. The summed E-state index contributed by atoms with van der Waals surface area (Å²) in [6.45, 7) is 0.478. The van der Waals surface area contributed by atoms with E-state index in [1.807, 2.05) is 12.1 Å². The van der Waals surface area contributed by atoms with Crippen LogP contribution in [0.5, 0.6) is 0 Å². The zero-order valence-electron chi connectivity index (χ0n) is 13.2. The number of rotatable bonds is 5. The van der Waals surface area contributed by atoms with Gasteiger partial charge in [0, 0.05) is 34.8 Å². The van der Waals surface area contributed by atoms with Crippen LogP contribution in [0.2, 0.25) is 10.0 Å². The second-order valence-electron chi connectivity index (χ2n) is 5.21. The monoisotopic (exact) mass is 376 g/mol. The van der Waals surface area contributed by atoms with Gasteiger partial charge in [-0.15, -0.1) is 0 Å². The lowest BCUT2D eigenvalue weighted by Gasteiger charge is -2.03. The summed E-state index contributed by atoms with van der Waals surface area (Å²) in [6, 6.07) is 12.5. The zero-order valence-corrected chi connectivity index (χ0v) is 14.7. The maximum Gasteiger partial charge on any atom is 0.322 e. The summed E-state index contributed by atoms with van der Waals surface area (Å²) in [5, 5.41) is 10.5. The molecule has 128 valence electrons. The molecule has 3 aromatic rings. The Labute approximate surface area is 154 Å². The lowest BCUT2D eigenvalue weighted by Crippen LogP contribution is -2.17. The van der Waals surface area contributed by atoms with Crippen LogP contribution in [0.1, 0.15) is 15.9 Å². The second kappa shape index (κ2) is 7.55. The van der Waals surface area contributed by atoms with E-state index < -0.39 is 0 Å². The Bertz CT molecular complexity index is 874. The Kier molecular flexibility index (Phi) is 5.21. The molecule has 0 saturated heterocycles. The Morgan fingerprint density at radius 1 is 1.12 bits per heavy atom. The number of carbonyl (C=O) groups is 1. The minimum Gasteiger partial charge on any atom is -0.355 e. The van der Waals surface area contributed by atoms with E-state index in [0.29, 0.717) is 33.5 Å². The summed E-state index contributed by atoms with van der Waals surface area (Å²) in [4.78, 5) is 15.8.